The van der Waals surface area contributed by atoms with Crippen LogP contribution in [0.2, 0.25) is 0 Å². The molecule has 1 aromatic rings. The van der Waals surface area contributed by atoms with Gasteiger partial charge in [0.1, 0.15) is 5.75 Å². The lowest BCUT2D eigenvalue weighted by atomic mass is 9.84. The maximum Gasteiger partial charge on any atom is 0.140 e. The minimum Gasteiger partial charge on any atom is -0.495 e. The topological polar surface area (TPSA) is 34.2 Å². The Morgan fingerprint density at radius 2 is 2.16 bits per heavy atom. The fourth-order valence-corrected chi connectivity index (χ4v) is 3.17. The maximum absolute atomic E-state index is 5.51. The molecule has 1 aliphatic carbocycles. The van der Waals surface area contributed by atoms with Gasteiger partial charge in [0.2, 0.25) is 0 Å². The zero-order valence-electron chi connectivity index (χ0n) is 12.2. The number of hydrogen-bond acceptors (Lipinski definition) is 3. The van der Waals surface area contributed by atoms with Gasteiger partial charge in [0.15, 0.2) is 0 Å². The molecule has 0 amide bonds. The van der Waals surface area contributed by atoms with Gasteiger partial charge in [-0.05, 0) is 44.0 Å². The third-order valence-electron chi connectivity index (χ3n) is 4.19. The van der Waals surface area contributed by atoms with Crippen LogP contribution in [0.4, 0.5) is 0 Å². The molecular formula is C16H26N2O. The van der Waals surface area contributed by atoms with E-state index in [1.807, 2.05) is 18.3 Å². The number of ether oxygens (including phenoxy) is 1. The summed E-state index contributed by atoms with van der Waals surface area (Å²) < 4.78 is 5.51. The Morgan fingerprint density at radius 3 is 2.95 bits per heavy atom. The van der Waals surface area contributed by atoms with Crippen LogP contribution in [-0.4, -0.2) is 25.2 Å². The van der Waals surface area contributed by atoms with E-state index in [0.717, 1.165) is 24.5 Å². The number of pyridine rings is 1. The summed E-state index contributed by atoms with van der Waals surface area (Å²) in [6.07, 6.45) is 8.46. The van der Waals surface area contributed by atoms with Crippen molar-refractivity contribution < 1.29 is 4.74 Å². The van der Waals surface area contributed by atoms with Gasteiger partial charge in [-0.15, -0.1) is 0 Å². The van der Waals surface area contributed by atoms with Crippen LogP contribution < -0.4 is 10.1 Å². The molecule has 1 N–H and O–H groups in total. The molecule has 19 heavy (non-hydrogen) atoms. The number of aromatic nitrogens is 1. The van der Waals surface area contributed by atoms with Crippen molar-refractivity contribution in [2.75, 3.05) is 20.2 Å². The molecule has 1 saturated carbocycles. The summed E-state index contributed by atoms with van der Waals surface area (Å²) in [6, 6.07) is 4.00. The Bertz CT molecular complexity index is 381. The standard InChI is InChI=1S/C16H26N2O/c1-3-17-12-13-8-5-4-6-9-14(13)16-15(19-2)10-7-11-18-16/h7,10-11,13-14,17H,3-6,8-9,12H2,1-2H3. The molecule has 0 aliphatic heterocycles. The van der Waals surface area contributed by atoms with Crippen LogP contribution in [0, 0.1) is 5.92 Å². The quantitative estimate of drug-likeness (QED) is 0.826. The Hall–Kier alpha value is -1.09. The normalized spacial score (nSPS) is 23.9. The largest absolute Gasteiger partial charge is 0.495 e. The van der Waals surface area contributed by atoms with Gasteiger partial charge in [-0.3, -0.25) is 4.98 Å². The molecule has 1 aliphatic rings. The highest BCUT2D eigenvalue weighted by Gasteiger charge is 2.28. The van der Waals surface area contributed by atoms with Crippen LogP contribution in [0.25, 0.3) is 0 Å². The molecule has 0 bridgehead atoms. The average molecular weight is 262 g/mol. The van der Waals surface area contributed by atoms with Gasteiger partial charge in [-0.25, -0.2) is 0 Å². The van der Waals surface area contributed by atoms with Crippen LogP contribution in [0.3, 0.4) is 0 Å². The first-order chi connectivity index (χ1) is 9.36. The van der Waals surface area contributed by atoms with E-state index < -0.39 is 0 Å². The fraction of sp³-hybridized carbons (Fsp3) is 0.688. The number of methoxy groups -OCH3 is 1. The molecule has 0 spiro atoms. The predicted octanol–water partition coefficient (Wildman–Crippen LogP) is 3.36. The number of hydrogen-bond donors (Lipinski definition) is 1. The molecule has 106 valence electrons. The molecule has 3 nitrogen and oxygen atoms in total. The van der Waals surface area contributed by atoms with Gasteiger partial charge < -0.3 is 10.1 Å². The summed E-state index contributed by atoms with van der Waals surface area (Å²) in [7, 11) is 1.75. The molecule has 2 unspecified atom stereocenters. The zero-order chi connectivity index (χ0) is 13.5. The minimum atomic E-state index is 0.540. The van der Waals surface area contributed by atoms with E-state index in [2.05, 4.69) is 17.2 Å². The molecule has 1 fully saturated rings. The first kappa shape index (κ1) is 14.3. The Balaban J connectivity index is 2.20. The lowest BCUT2D eigenvalue weighted by Gasteiger charge is -2.26. The number of nitrogens with zero attached hydrogens (tertiary/aromatic N) is 1. The van der Waals surface area contributed by atoms with Crippen molar-refractivity contribution in [3.05, 3.63) is 24.0 Å². The SMILES string of the molecule is CCNCC1CCCCCC1c1ncccc1OC. The molecule has 1 heterocycles. The Labute approximate surface area is 116 Å². The summed E-state index contributed by atoms with van der Waals surface area (Å²) in [5.74, 6) is 2.18. The van der Waals surface area contributed by atoms with Crippen molar-refractivity contribution in [2.45, 2.75) is 44.9 Å². The lowest BCUT2D eigenvalue weighted by molar-refractivity contribution is 0.349. The highest BCUT2D eigenvalue weighted by Crippen LogP contribution is 2.38. The molecule has 1 aromatic heterocycles. The second kappa shape index (κ2) is 7.49. The maximum atomic E-state index is 5.51. The van der Waals surface area contributed by atoms with Crippen molar-refractivity contribution in [2.24, 2.45) is 5.92 Å². The van der Waals surface area contributed by atoms with E-state index in [1.165, 1.54) is 32.1 Å². The fourth-order valence-electron chi connectivity index (χ4n) is 3.17. The molecule has 3 heteroatoms. The number of nitrogens with one attached hydrogen (secondary N) is 1. The minimum absolute atomic E-state index is 0.540. The molecule has 2 atom stereocenters. The summed E-state index contributed by atoms with van der Waals surface area (Å²) in [6.45, 7) is 4.32. The molecular weight excluding hydrogens is 236 g/mol. The van der Waals surface area contributed by atoms with E-state index >= 15 is 0 Å². The first-order valence-electron chi connectivity index (χ1n) is 7.56. The third kappa shape index (κ3) is 3.69. The monoisotopic (exact) mass is 262 g/mol. The second-order valence-electron chi connectivity index (χ2n) is 5.40. The van der Waals surface area contributed by atoms with Gasteiger partial charge >= 0.3 is 0 Å². The van der Waals surface area contributed by atoms with Crippen molar-refractivity contribution in [3.8, 4) is 5.75 Å². The smallest absolute Gasteiger partial charge is 0.140 e. The van der Waals surface area contributed by atoms with Crippen LogP contribution in [0.15, 0.2) is 18.3 Å². The number of rotatable bonds is 5. The van der Waals surface area contributed by atoms with E-state index in [0.29, 0.717) is 11.8 Å². The van der Waals surface area contributed by atoms with E-state index in [1.54, 1.807) is 7.11 Å². The summed E-state index contributed by atoms with van der Waals surface area (Å²) >= 11 is 0. The third-order valence-corrected chi connectivity index (χ3v) is 4.19. The second-order valence-corrected chi connectivity index (χ2v) is 5.40. The first-order valence-corrected chi connectivity index (χ1v) is 7.56. The van der Waals surface area contributed by atoms with E-state index in [-0.39, 0.29) is 0 Å². The average Bonchev–Trinajstić information content (AvgIpc) is 2.70. The predicted molar refractivity (Wildman–Crippen MR) is 78.6 cm³/mol. The van der Waals surface area contributed by atoms with Gasteiger partial charge in [0.25, 0.3) is 0 Å². The van der Waals surface area contributed by atoms with E-state index in [9.17, 15) is 0 Å². The molecule has 2 rings (SSSR count). The summed E-state index contributed by atoms with van der Waals surface area (Å²) in [5.41, 5.74) is 1.16. The highest BCUT2D eigenvalue weighted by atomic mass is 16.5. The van der Waals surface area contributed by atoms with Crippen molar-refractivity contribution >= 4 is 0 Å². The van der Waals surface area contributed by atoms with Gasteiger partial charge in [0.05, 0.1) is 12.8 Å². The Morgan fingerprint density at radius 1 is 1.32 bits per heavy atom. The van der Waals surface area contributed by atoms with Crippen LogP contribution in [0.5, 0.6) is 5.75 Å². The zero-order valence-corrected chi connectivity index (χ0v) is 12.2. The van der Waals surface area contributed by atoms with Crippen LogP contribution in [0.1, 0.15) is 50.6 Å². The van der Waals surface area contributed by atoms with Crippen LogP contribution in [-0.2, 0) is 0 Å². The Kier molecular flexibility index (Phi) is 5.64. The van der Waals surface area contributed by atoms with Crippen molar-refractivity contribution in [1.29, 1.82) is 0 Å². The van der Waals surface area contributed by atoms with Crippen molar-refractivity contribution in [1.82, 2.24) is 10.3 Å². The molecule has 0 aromatic carbocycles. The van der Waals surface area contributed by atoms with Crippen LogP contribution >= 0.6 is 0 Å². The van der Waals surface area contributed by atoms with Gasteiger partial charge in [-0.2, -0.15) is 0 Å². The highest BCUT2D eigenvalue weighted by molar-refractivity contribution is 5.30. The summed E-state index contributed by atoms with van der Waals surface area (Å²) in [4.78, 5) is 4.62. The molecule has 0 saturated heterocycles. The van der Waals surface area contributed by atoms with Crippen molar-refractivity contribution in [3.63, 3.8) is 0 Å². The van der Waals surface area contributed by atoms with Gasteiger partial charge in [0, 0.05) is 12.1 Å². The van der Waals surface area contributed by atoms with Gasteiger partial charge in [-0.1, -0.05) is 26.2 Å². The van der Waals surface area contributed by atoms with E-state index in [4.69, 9.17) is 4.74 Å². The summed E-state index contributed by atoms with van der Waals surface area (Å²) in [5, 5.41) is 3.51. The molecule has 0 radical (unpaired) electrons. The lowest BCUT2D eigenvalue weighted by Crippen LogP contribution is -2.27.